The van der Waals surface area contributed by atoms with Crippen LogP contribution in [0.1, 0.15) is 29.5 Å². The standard InChI is InChI=1S/C9H11FN2O2/c1-3-4-6-7(10)8(9(13)14-2)12-5-11-6/h5H,3-4H2,1-2H3. The zero-order valence-electron chi connectivity index (χ0n) is 8.08. The minimum Gasteiger partial charge on any atom is -0.464 e. The van der Waals surface area contributed by atoms with Crippen LogP contribution in [-0.2, 0) is 11.2 Å². The quantitative estimate of drug-likeness (QED) is 0.688. The molecule has 0 N–H and O–H groups in total. The molecule has 4 nitrogen and oxygen atoms in total. The van der Waals surface area contributed by atoms with Crippen LogP contribution in [0.25, 0.3) is 0 Å². The van der Waals surface area contributed by atoms with Crippen LogP contribution >= 0.6 is 0 Å². The third-order valence-corrected chi connectivity index (χ3v) is 1.73. The molecule has 1 aromatic heterocycles. The maximum absolute atomic E-state index is 13.5. The van der Waals surface area contributed by atoms with Crippen molar-refractivity contribution in [2.24, 2.45) is 0 Å². The predicted octanol–water partition coefficient (Wildman–Crippen LogP) is 1.35. The molecular weight excluding hydrogens is 187 g/mol. The van der Waals surface area contributed by atoms with Gasteiger partial charge in [0.05, 0.1) is 12.8 Å². The Morgan fingerprint density at radius 3 is 2.86 bits per heavy atom. The fraction of sp³-hybridized carbons (Fsp3) is 0.444. The normalized spacial score (nSPS) is 9.93. The SMILES string of the molecule is CCCc1ncnc(C(=O)OC)c1F. The van der Waals surface area contributed by atoms with E-state index in [1.807, 2.05) is 6.92 Å². The topological polar surface area (TPSA) is 52.1 Å². The number of nitrogens with zero attached hydrogens (tertiary/aromatic N) is 2. The molecule has 0 aliphatic carbocycles. The summed E-state index contributed by atoms with van der Waals surface area (Å²) in [4.78, 5) is 18.3. The molecule has 0 aliphatic rings. The number of methoxy groups -OCH3 is 1. The molecule has 0 atom stereocenters. The van der Waals surface area contributed by atoms with Gasteiger partial charge in [0.15, 0.2) is 11.5 Å². The lowest BCUT2D eigenvalue weighted by atomic mass is 10.2. The summed E-state index contributed by atoms with van der Waals surface area (Å²) in [6.07, 6.45) is 2.41. The maximum Gasteiger partial charge on any atom is 0.359 e. The lowest BCUT2D eigenvalue weighted by Gasteiger charge is -2.03. The summed E-state index contributed by atoms with van der Waals surface area (Å²) >= 11 is 0. The third-order valence-electron chi connectivity index (χ3n) is 1.73. The summed E-state index contributed by atoms with van der Waals surface area (Å²) in [5.41, 5.74) is -0.0474. The van der Waals surface area contributed by atoms with Gasteiger partial charge in [0, 0.05) is 0 Å². The molecule has 76 valence electrons. The number of rotatable bonds is 3. The van der Waals surface area contributed by atoms with Crippen molar-refractivity contribution >= 4 is 5.97 Å². The smallest absolute Gasteiger partial charge is 0.359 e. The summed E-state index contributed by atoms with van der Waals surface area (Å²) in [5.74, 6) is -1.46. The maximum atomic E-state index is 13.5. The van der Waals surface area contributed by atoms with Crippen LogP contribution in [0.2, 0.25) is 0 Å². The first-order valence-electron chi connectivity index (χ1n) is 4.28. The van der Waals surface area contributed by atoms with Gasteiger partial charge in [-0.2, -0.15) is 0 Å². The van der Waals surface area contributed by atoms with Gasteiger partial charge in [-0.3, -0.25) is 0 Å². The highest BCUT2D eigenvalue weighted by molar-refractivity contribution is 5.87. The molecule has 14 heavy (non-hydrogen) atoms. The number of carbonyl (C=O) groups is 1. The first-order valence-corrected chi connectivity index (χ1v) is 4.28. The fourth-order valence-corrected chi connectivity index (χ4v) is 1.06. The van der Waals surface area contributed by atoms with E-state index < -0.39 is 11.8 Å². The molecule has 5 heteroatoms. The Hall–Kier alpha value is -1.52. The minimum absolute atomic E-state index is 0.253. The van der Waals surface area contributed by atoms with Crippen molar-refractivity contribution in [1.29, 1.82) is 0 Å². The lowest BCUT2D eigenvalue weighted by molar-refractivity contribution is 0.0587. The molecule has 0 saturated carbocycles. The second-order valence-corrected chi connectivity index (χ2v) is 2.72. The molecule has 0 unspecified atom stereocenters. The summed E-state index contributed by atoms with van der Waals surface area (Å²) in [6, 6.07) is 0. The number of esters is 1. The van der Waals surface area contributed by atoms with Crippen molar-refractivity contribution in [3.8, 4) is 0 Å². The average Bonchev–Trinajstić information content (AvgIpc) is 2.20. The molecule has 0 fully saturated rings. The summed E-state index contributed by atoms with van der Waals surface area (Å²) in [5, 5.41) is 0. The van der Waals surface area contributed by atoms with E-state index in [9.17, 15) is 9.18 Å². The number of aryl methyl sites for hydroxylation is 1. The van der Waals surface area contributed by atoms with Crippen molar-refractivity contribution in [3.05, 3.63) is 23.5 Å². The van der Waals surface area contributed by atoms with Gasteiger partial charge in [-0.1, -0.05) is 13.3 Å². The Labute approximate surface area is 81.1 Å². The second-order valence-electron chi connectivity index (χ2n) is 2.72. The number of hydrogen-bond acceptors (Lipinski definition) is 4. The highest BCUT2D eigenvalue weighted by Crippen LogP contribution is 2.10. The van der Waals surface area contributed by atoms with Gasteiger partial charge in [-0.15, -0.1) is 0 Å². The molecule has 1 aromatic rings. The largest absolute Gasteiger partial charge is 0.464 e. The molecular formula is C9H11FN2O2. The van der Waals surface area contributed by atoms with Crippen molar-refractivity contribution in [1.82, 2.24) is 9.97 Å². The molecule has 0 bridgehead atoms. The Balaban J connectivity index is 3.07. The summed E-state index contributed by atoms with van der Waals surface area (Å²) < 4.78 is 17.9. The second kappa shape index (κ2) is 4.64. The first-order chi connectivity index (χ1) is 6.70. The average molecular weight is 198 g/mol. The van der Waals surface area contributed by atoms with E-state index in [2.05, 4.69) is 14.7 Å². The molecule has 0 spiro atoms. The van der Waals surface area contributed by atoms with E-state index in [4.69, 9.17) is 0 Å². The van der Waals surface area contributed by atoms with E-state index in [1.165, 1.54) is 13.4 Å². The van der Waals surface area contributed by atoms with Crippen molar-refractivity contribution in [3.63, 3.8) is 0 Å². The molecule has 0 saturated heterocycles. The highest BCUT2D eigenvalue weighted by Gasteiger charge is 2.17. The van der Waals surface area contributed by atoms with Crippen molar-refractivity contribution in [2.75, 3.05) is 7.11 Å². The van der Waals surface area contributed by atoms with Gasteiger partial charge in [0.25, 0.3) is 0 Å². The number of hydrogen-bond donors (Lipinski definition) is 0. The minimum atomic E-state index is -0.776. The zero-order chi connectivity index (χ0) is 10.6. The Bertz CT molecular complexity index is 342. The van der Waals surface area contributed by atoms with Gasteiger partial charge in [0.1, 0.15) is 6.33 Å². The molecule has 0 aromatic carbocycles. The van der Waals surface area contributed by atoms with Gasteiger partial charge < -0.3 is 4.74 Å². The monoisotopic (exact) mass is 198 g/mol. The molecule has 0 aliphatic heterocycles. The van der Waals surface area contributed by atoms with Crippen LogP contribution in [0.3, 0.4) is 0 Å². The van der Waals surface area contributed by atoms with Crippen LogP contribution in [0.4, 0.5) is 4.39 Å². The lowest BCUT2D eigenvalue weighted by Crippen LogP contribution is -2.10. The van der Waals surface area contributed by atoms with Gasteiger partial charge in [0.2, 0.25) is 0 Å². The van der Waals surface area contributed by atoms with E-state index in [1.54, 1.807) is 0 Å². The molecule has 0 radical (unpaired) electrons. The van der Waals surface area contributed by atoms with Crippen LogP contribution in [0.15, 0.2) is 6.33 Å². The number of halogens is 1. The predicted molar refractivity (Wildman–Crippen MR) is 47.3 cm³/mol. The Kier molecular flexibility index (Phi) is 3.50. The van der Waals surface area contributed by atoms with Crippen LogP contribution < -0.4 is 0 Å². The first kappa shape index (κ1) is 10.6. The van der Waals surface area contributed by atoms with E-state index in [-0.39, 0.29) is 11.4 Å². The van der Waals surface area contributed by atoms with E-state index >= 15 is 0 Å². The number of carbonyl (C=O) groups excluding carboxylic acids is 1. The molecule has 0 amide bonds. The van der Waals surface area contributed by atoms with E-state index in [0.29, 0.717) is 6.42 Å². The van der Waals surface area contributed by atoms with Crippen LogP contribution in [0.5, 0.6) is 0 Å². The molecule has 1 heterocycles. The zero-order valence-corrected chi connectivity index (χ0v) is 8.08. The van der Waals surface area contributed by atoms with Gasteiger partial charge >= 0.3 is 5.97 Å². The highest BCUT2D eigenvalue weighted by atomic mass is 19.1. The van der Waals surface area contributed by atoms with Crippen LogP contribution in [0, 0.1) is 5.82 Å². The van der Waals surface area contributed by atoms with Gasteiger partial charge in [-0.25, -0.2) is 19.2 Å². The Morgan fingerprint density at radius 2 is 2.29 bits per heavy atom. The number of aromatic nitrogens is 2. The summed E-state index contributed by atoms with van der Waals surface area (Å²) in [6.45, 7) is 1.90. The third kappa shape index (κ3) is 2.04. The van der Waals surface area contributed by atoms with Crippen molar-refractivity contribution in [2.45, 2.75) is 19.8 Å². The van der Waals surface area contributed by atoms with E-state index in [0.717, 1.165) is 6.42 Å². The number of ether oxygens (including phenoxy) is 1. The Morgan fingerprint density at radius 1 is 1.57 bits per heavy atom. The fourth-order valence-electron chi connectivity index (χ4n) is 1.06. The summed E-state index contributed by atoms with van der Waals surface area (Å²) in [7, 11) is 1.18. The van der Waals surface area contributed by atoms with Crippen molar-refractivity contribution < 1.29 is 13.9 Å². The van der Waals surface area contributed by atoms with Crippen LogP contribution in [-0.4, -0.2) is 23.0 Å². The van der Waals surface area contributed by atoms with Gasteiger partial charge in [-0.05, 0) is 6.42 Å². The molecule has 1 rings (SSSR count).